The molecule has 2 rings (SSSR count). The van der Waals surface area contributed by atoms with Crippen molar-refractivity contribution in [3.05, 3.63) is 33.1 Å². The summed E-state index contributed by atoms with van der Waals surface area (Å²) >= 11 is 3.90. The molecule has 0 bridgehead atoms. The number of nitrogens with zero attached hydrogens (tertiary/aromatic N) is 1. The molecule has 1 aromatic carbocycles. The van der Waals surface area contributed by atoms with Crippen molar-refractivity contribution in [2.24, 2.45) is 0 Å². The van der Waals surface area contributed by atoms with Crippen LogP contribution in [-0.4, -0.2) is 0 Å². The lowest BCUT2D eigenvalue weighted by Crippen LogP contribution is -2.30. The average Bonchev–Trinajstić information content (AvgIpc) is 2.68. The molecule has 1 aromatic heterocycles. The van der Waals surface area contributed by atoms with Crippen LogP contribution in [0.15, 0.2) is 22.7 Å². The molecule has 0 aliphatic carbocycles. The molecule has 0 fully saturated rings. The molecule has 0 amide bonds. The Morgan fingerprint density at radius 3 is 2.33 bits per heavy atom. The van der Waals surface area contributed by atoms with Crippen molar-refractivity contribution in [1.29, 1.82) is 5.26 Å². The van der Waals surface area contributed by atoms with Gasteiger partial charge >= 0.3 is 0 Å². The molecule has 0 saturated carbocycles. The zero-order valence-electron chi connectivity index (χ0n) is 10.9. The summed E-state index contributed by atoms with van der Waals surface area (Å²) in [6, 6.07) is 5.38. The van der Waals surface area contributed by atoms with Gasteiger partial charge in [0.05, 0.1) is 0 Å². The molecule has 0 saturated heterocycles. The largest absolute Gasteiger partial charge is 0.806 e. The lowest BCUT2D eigenvalue weighted by molar-refractivity contribution is -0.335. The molecule has 6 nitrogen and oxygen atoms in total. The van der Waals surface area contributed by atoms with Crippen LogP contribution in [-0.2, 0) is 10.2 Å². The summed E-state index contributed by atoms with van der Waals surface area (Å²) in [4.78, 5) is 21.6. The average molecular weight is 402 g/mol. The van der Waals surface area contributed by atoms with Gasteiger partial charge in [-0.2, -0.15) is 14.0 Å². The van der Waals surface area contributed by atoms with Gasteiger partial charge in [0, 0.05) is 22.3 Å². The molecular weight excluding hydrogens is 391 g/mol. The number of quaternary nitrogens is 2. The van der Waals surface area contributed by atoms with Crippen LogP contribution in [0.1, 0.15) is 10.4 Å². The van der Waals surface area contributed by atoms with Crippen molar-refractivity contribution >= 4 is 44.9 Å². The van der Waals surface area contributed by atoms with Gasteiger partial charge in [-0.3, -0.25) is 0 Å². The highest BCUT2D eigenvalue weighted by Crippen LogP contribution is 2.55. The van der Waals surface area contributed by atoms with Crippen LogP contribution < -0.4 is 22.1 Å². The van der Waals surface area contributed by atoms with E-state index in [-0.39, 0.29) is 22.2 Å². The number of fused-ring (bicyclic) bond motifs is 1. The first-order valence-electron chi connectivity index (χ1n) is 4.70. The van der Waals surface area contributed by atoms with E-state index in [1.54, 1.807) is 0 Å². The third-order valence-corrected chi connectivity index (χ3v) is 4.97. The van der Waals surface area contributed by atoms with Gasteiger partial charge in [0.2, 0.25) is 0 Å². The highest BCUT2D eigenvalue weighted by atomic mass is 79.9. The molecule has 0 aliphatic heterocycles. The Labute approximate surface area is 130 Å². The first-order chi connectivity index (χ1) is 8.66. The zero-order chi connectivity index (χ0) is 14.4. The summed E-state index contributed by atoms with van der Waals surface area (Å²) < 4.78 is 38.1. The maximum Gasteiger partial charge on any atom is 0.298 e. The second-order valence-electron chi connectivity index (χ2n) is 3.63. The highest BCUT2D eigenvalue weighted by Gasteiger charge is 2.38. The lowest BCUT2D eigenvalue weighted by atomic mass is 10.1. The Hall–Kier alpha value is -0.920. The van der Waals surface area contributed by atoms with E-state index >= 15 is 0 Å². The van der Waals surface area contributed by atoms with E-state index in [0.29, 0.717) is 9.58 Å². The number of thiophene rings is 1. The zero-order valence-corrected chi connectivity index (χ0v) is 14.2. The molecule has 0 spiro atoms. The van der Waals surface area contributed by atoms with Gasteiger partial charge in [-0.05, 0) is 23.6 Å². The van der Waals surface area contributed by atoms with Crippen molar-refractivity contribution in [3.8, 4) is 6.07 Å². The number of rotatable bonds is 2. The minimum absolute atomic E-state index is 0. The predicted molar refractivity (Wildman–Crippen MR) is 77.7 cm³/mol. The predicted octanol–water partition coefficient (Wildman–Crippen LogP) is 3.25. The normalized spacial score (nSPS) is 11.4. The molecule has 8 N–H and O–H groups in total. The van der Waals surface area contributed by atoms with Gasteiger partial charge < -0.3 is 26.7 Å². The van der Waals surface area contributed by atoms with E-state index < -0.39 is 18.8 Å². The van der Waals surface area contributed by atoms with Gasteiger partial charge in [0.25, 0.3) is 5.66 Å². The molecule has 1 heterocycles. The van der Waals surface area contributed by atoms with Crippen molar-refractivity contribution in [3.63, 3.8) is 0 Å². The van der Waals surface area contributed by atoms with Gasteiger partial charge in [0.15, 0.2) is 0 Å². The summed E-state index contributed by atoms with van der Waals surface area (Å²) in [5.41, 5.74) is -5.43. The second kappa shape index (κ2) is 6.46. The Bertz CT molecular complexity index is 756. The van der Waals surface area contributed by atoms with E-state index in [4.69, 9.17) is 5.26 Å². The van der Waals surface area contributed by atoms with Crippen molar-refractivity contribution in [2.45, 2.75) is 5.66 Å². The van der Waals surface area contributed by atoms with Crippen LogP contribution in [0.4, 0.5) is 8.78 Å². The molecule has 2 aromatic rings. The van der Waals surface area contributed by atoms with E-state index in [0.717, 1.165) is 17.4 Å². The number of hydrogen-bond acceptors (Lipinski definition) is 5. The lowest BCUT2D eigenvalue weighted by Gasteiger charge is -2.38. The van der Waals surface area contributed by atoms with Crippen LogP contribution in [0.5, 0.6) is 0 Å². The van der Waals surface area contributed by atoms with Crippen LogP contribution in [0.3, 0.4) is 0 Å². The summed E-state index contributed by atoms with van der Waals surface area (Å²) in [7, 11) is -6.12. The minimum atomic E-state index is -6.12. The molecular formula is C10H11BrF2N3O3PS. The van der Waals surface area contributed by atoms with E-state index in [1.165, 1.54) is 12.1 Å². The first-order valence-corrected chi connectivity index (χ1v) is 7.85. The molecule has 21 heavy (non-hydrogen) atoms. The highest BCUT2D eigenvalue weighted by molar-refractivity contribution is 9.10. The summed E-state index contributed by atoms with van der Waals surface area (Å²) in [5.74, 6) is 0. The molecule has 0 atom stereocenters. The summed E-state index contributed by atoms with van der Waals surface area (Å²) in [5, 5.41) is 9.01. The summed E-state index contributed by atoms with van der Waals surface area (Å²) in [6.45, 7) is 0. The monoisotopic (exact) mass is 401 g/mol. The molecule has 0 radical (unpaired) electrons. The first kappa shape index (κ1) is 20.1. The molecule has 0 aliphatic rings. The fraction of sp³-hybridized carbons (Fsp3) is 0.100. The van der Waals surface area contributed by atoms with E-state index in [2.05, 4.69) is 15.9 Å². The van der Waals surface area contributed by atoms with E-state index in [1.807, 2.05) is 6.07 Å². The number of hydrogen-bond donors (Lipinski definition) is 2. The number of nitriles is 1. The Kier molecular flexibility index (Phi) is 6.17. The Morgan fingerprint density at radius 1 is 1.29 bits per heavy atom. The smallest absolute Gasteiger partial charge is 0.298 e. The number of benzene rings is 1. The van der Waals surface area contributed by atoms with E-state index in [9.17, 15) is 23.1 Å². The Balaban J connectivity index is 0.00000200. The van der Waals surface area contributed by atoms with Gasteiger partial charge in [-0.15, -0.1) is 11.3 Å². The maximum absolute atomic E-state index is 13.6. The summed E-state index contributed by atoms with van der Waals surface area (Å²) in [6.07, 6.45) is 0. The van der Waals surface area contributed by atoms with Gasteiger partial charge in [-0.25, -0.2) is 0 Å². The molecule has 116 valence electrons. The fourth-order valence-corrected chi connectivity index (χ4v) is 3.75. The van der Waals surface area contributed by atoms with Crippen LogP contribution >= 0.6 is 34.9 Å². The second-order valence-corrected chi connectivity index (χ2v) is 7.13. The topological polar surface area (TPSA) is 160 Å². The number of alkyl halides is 2. The minimum Gasteiger partial charge on any atom is -0.806 e. The standard InChI is InChI=1S/C10H5BrF2NO3PS.2H3N/c11-8-3-9-5(1-6(4-14)19-9)2-7(8)10(12,13)18(15,16)17;;/h1-3H,(H2,15,16,17);2*1H3. The Morgan fingerprint density at radius 2 is 1.86 bits per heavy atom. The third-order valence-electron chi connectivity index (χ3n) is 2.38. The fourth-order valence-electron chi connectivity index (χ4n) is 1.50. The van der Waals surface area contributed by atoms with Gasteiger partial charge in [-0.1, -0.05) is 15.9 Å². The SMILES string of the molecule is N#Cc1cc2cc(C(F)(F)P(=O)([O-])[O-])c(Br)cc2s1.[NH4+].[NH4+]. The maximum atomic E-state index is 13.6. The van der Waals surface area contributed by atoms with Crippen LogP contribution in [0, 0.1) is 11.3 Å². The van der Waals surface area contributed by atoms with Gasteiger partial charge in [0.1, 0.15) is 10.9 Å². The number of halogens is 3. The van der Waals surface area contributed by atoms with Crippen LogP contribution in [0.2, 0.25) is 0 Å². The molecule has 0 unspecified atom stereocenters. The molecule has 11 heteroatoms. The third kappa shape index (κ3) is 3.46. The van der Waals surface area contributed by atoms with Crippen molar-refractivity contribution in [1.82, 2.24) is 12.3 Å². The quantitative estimate of drug-likeness (QED) is 0.738. The van der Waals surface area contributed by atoms with Crippen LogP contribution in [0.25, 0.3) is 10.1 Å². The van der Waals surface area contributed by atoms with Crippen molar-refractivity contribution < 1.29 is 23.1 Å². The van der Waals surface area contributed by atoms with Crippen molar-refractivity contribution in [2.75, 3.05) is 0 Å².